The highest BCUT2D eigenvalue weighted by molar-refractivity contribution is 6.34. The Bertz CT molecular complexity index is 427. The maximum atomic E-state index is 11.1. The Morgan fingerprint density at radius 2 is 2.00 bits per heavy atom. The number of hydrogen-bond donors (Lipinski definition) is 2. The van der Waals surface area contributed by atoms with Crippen molar-refractivity contribution in [3.05, 3.63) is 28.3 Å². The zero-order valence-electron chi connectivity index (χ0n) is 7.65. The van der Waals surface area contributed by atoms with Crippen molar-refractivity contribution < 1.29 is 24.5 Å². The van der Waals surface area contributed by atoms with Gasteiger partial charge in [0.05, 0.1) is 12.1 Å². The van der Waals surface area contributed by atoms with Crippen LogP contribution in [0.4, 0.5) is 0 Å². The molecule has 0 unspecified atom stereocenters. The highest BCUT2D eigenvalue weighted by Gasteiger charge is 2.21. The Kier molecular flexibility index (Phi) is 3.16. The average molecular weight is 231 g/mol. The molecular weight excluding hydrogens is 224 g/mol. The summed E-state index contributed by atoms with van der Waals surface area (Å²) >= 11 is 5.55. The molecule has 6 heteroatoms. The summed E-state index contributed by atoms with van der Waals surface area (Å²) < 4.78 is 4.36. The van der Waals surface area contributed by atoms with Crippen LogP contribution >= 0.6 is 11.6 Å². The van der Waals surface area contributed by atoms with Crippen molar-refractivity contribution in [2.75, 3.05) is 7.11 Å². The number of esters is 1. The predicted octanol–water partition coefficient (Wildman–Crippen LogP) is 1.53. The van der Waals surface area contributed by atoms with Crippen molar-refractivity contribution in [3.63, 3.8) is 0 Å². The van der Waals surface area contributed by atoms with Gasteiger partial charge in [-0.3, -0.25) is 0 Å². The molecule has 1 aromatic rings. The minimum Gasteiger partial charge on any atom is -0.506 e. The molecule has 0 aromatic heterocycles. The SMILES string of the molecule is COC(=O)c1ccc(Cl)c(C(=O)O)c1O. The van der Waals surface area contributed by atoms with Gasteiger partial charge in [0.15, 0.2) is 0 Å². The molecule has 0 saturated carbocycles. The Balaban J connectivity index is 3.41. The molecule has 0 atom stereocenters. The number of carboxylic acid groups (broad SMARTS) is 1. The normalized spacial score (nSPS) is 9.73. The number of aromatic carboxylic acids is 1. The first kappa shape index (κ1) is 11.3. The molecule has 0 heterocycles. The number of halogens is 1. The Labute approximate surface area is 89.9 Å². The summed E-state index contributed by atoms with van der Waals surface area (Å²) in [6, 6.07) is 2.40. The van der Waals surface area contributed by atoms with E-state index in [0.29, 0.717) is 0 Å². The van der Waals surface area contributed by atoms with Crippen LogP contribution in [0.15, 0.2) is 12.1 Å². The van der Waals surface area contributed by atoms with Gasteiger partial charge in [0.1, 0.15) is 16.9 Å². The van der Waals surface area contributed by atoms with Gasteiger partial charge in [-0.15, -0.1) is 0 Å². The lowest BCUT2D eigenvalue weighted by atomic mass is 10.1. The van der Waals surface area contributed by atoms with Gasteiger partial charge in [-0.05, 0) is 12.1 Å². The van der Waals surface area contributed by atoms with Crippen molar-refractivity contribution in [1.82, 2.24) is 0 Å². The first-order valence-electron chi connectivity index (χ1n) is 3.82. The largest absolute Gasteiger partial charge is 0.506 e. The van der Waals surface area contributed by atoms with Crippen LogP contribution in [0.5, 0.6) is 5.75 Å². The molecule has 0 fully saturated rings. The lowest BCUT2D eigenvalue weighted by Crippen LogP contribution is -2.06. The van der Waals surface area contributed by atoms with Crippen LogP contribution in [0, 0.1) is 0 Å². The Morgan fingerprint density at radius 3 is 2.47 bits per heavy atom. The molecule has 1 rings (SSSR count). The molecule has 0 aliphatic heterocycles. The number of carbonyl (C=O) groups excluding carboxylic acids is 1. The standard InChI is InChI=1S/C9H7ClO5/c1-15-9(14)4-2-3-5(10)6(7(4)11)8(12)13/h2-3,11H,1H3,(H,12,13). The van der Waals surface area contributed by atoms with Crippen LogP contribution in [-0.2, 0) is 4.74 Å². The van der Waals surface area contributed by atoms with Gasteiger partial charge in [0.2, 0.25) is 0 Å². The van der Waals surface area contributed by atoms with E-state index >= 15 is 0 Å². The Morgan fingerprint density at radius 1 is 1.40 bits per heavy atom. The van der Waals surface area contributed by atoms with Crippen LogP contribution in [0.25, 0.3) is 0 Å². The van der Waals surface area contributed by atoms with Crippen molar-refractivity contribution in [2.24, 2.45) is 0 Å². The Hall–Kier alpha value is -1.75. The number of aromatic hydroxyl groups is 1. The van der Waals surface area contributed by atoms with Gasteiger partial charge in [0, 0.05) is 0 Å². The quantitative estimate of drug-likeness (QED) is 0.753. The van der Waals surface area contributed by atoms with E-state index in [1.165, 1.54) is 12.1 Å². The van der Waals surface area contributed by atoms with E-state index in [1.807, 2.05) is 0 Å². The maximum absolute atomic E-state index is 11.1. The van der Waals surface area contributed by atoms with E-state index < -0.39 is 23.3 Å². The second-order valence-corrected chi connectivity index (χ2v) is 3.02. The van der Waals surface area contributed by atoms with Crippen molar-refractivity contribution in [1.29, 1.82) is 0 Å². The van der Waals surface area contributed by atoms with Crippen LogP contribution in [0.2, 0.25) is 5.02 Å². The van der Waals surface area contributed by atoms with Crippen molar-refractivity contribution in [3.8, 4) is 5.75 Å². The molecule has 15 heavy (non-hydrogen) atoms. The second-order valence-electron chi connectivity index (χ2n) is 2.62. The summed E-state index contributed by atoms with van der Waals surface area (Å²) in [6.07, 6.45) is 0. The predicted molar refractivity (Wildman–Crippen MR) is 51.4 cm³/mol. The fourth-order valence-electron chi connectivity index (χ4n) is 1.04. The third kappa shape index (κ3) is 2.02. The molecule has 5 nitrogen and oxygen atoms in total. The van der Waals surface area contributed by atoms with Crippen LogP contribution in [0.1, 0.15) is 20.7 Å². The summed E-state index contributed by atoms with van der Waals surface area (Å²) in [7, 11) is 1.12. The maximum Gasteiger partial charge on any atom is 0.341 e. The molecule has 0 aliphatic carbocycles. The highest BCUT2D eigenvalue weighted by atomic mass is 35.5. The average Bonchev–Trinajstić information content (AvgIpc) is 2.16. The number of carbonyl (C=O) groups is 2. The number of carboxylic acids is 1. The van der Waals surface area contributed by atoms with Crippen LogP contribution in [0.3, 0.4) is 0 Å². The monoisotopic (exact) mass is 230 g/mol. The molecule has 80 valence electrons. The summed E-state index contributed by atoms with van der Waals surface area (Å²) in [4.78, 5) is 21.8. The number of benzene rings is 1. The molecule has 1 aromatic carbocycles. The van der Waals surface area contributed by atoms with Gasteiger partial charge < -0.3 is 14.9 Å². The van der Waals surface area contributed by atoms with Gasteiger partial charge in [-0.25, -0.2) is 9.59 Å². The van der Waals surface area contributed by atoms with Gasteiger partial charge >= 0.3 is 11.9 Å². The second kappa shape index (κ2) is 4.18. The zero-order valence-corrected chi connectivity index (χ0v) is 8.41. The summed E-state index contributed by atoms with van der Waals surface area (Å²) in [6.45, 7) is 0. The van der Waals surface area contributed by atoms with E-state index in [0.717, 1.165) is 7.11 Å². The van der Waals surface area contributed by atoms with E-state index in [9.17, 15) is 14.7 Å². The van der Waals surface area contributed by atoms with E-state index in [-0.39, 0.29) is 10.6 Å². The van der Waals surface area contributed by atoms with Crippen molar-refractivity contribution >= 4 is 23.5 Å². The number of hydrogen-bond acceptors (Lipinski definition) is 4. The molecule has 0 aliphatic rings. The summed E-state index contributed by atoms with van der Waals surface area (Å²) in [5.74, 6) is -2.93. The number of phenols is 1. The van der Waals surface area contributed by atoms with Gasteiger partial charge in [0.25, 0.3) is 0 Å². The molecule has 2 N–H and O–H groups in total. The zero-order chi connectivity index (χ0) is 11.6. The van der Waals surface area contributed by atoms with E-state index in [2.05, 4.69) is 4.74 Å². The highest BCUT2D eigenvalue weighted by Crippen LogP contribution is 2.29. The molecule has 0 saturated heterocycles. The fraction of sp³-hybridized carbons (Fsp3) is 0.111. The number of ether oxygens (including phenoxy) is 1. The lowest BCUT2D eigenvalue weighted by Gasteiger charge is -2.06. The third-order valence-electron chi connectivity index (χ3n) is 1.75. The first-order chi connectivity index (χ1) is 6.99. The van der Waals surface area contributed by atoms with Gasteiger partial charge in [-0.1, -0.05) is 11.6 Å². The minimum atomic E-state index is -1.41. The molecular formula is C9H7ClO5. The smallest absolute Gasteiger partial charge is 0.341 e. The molecule has 0 amide bonds. The minimum absolute atomic E-state index is 0.146. The van der Waals surface area contributed by atoms with Gasteiger partial charge in [-0.2, -0.15) is 0 Å². The number of rotatable bonds is 2. The van der Waals surface area contributed by atoms with E-state index in [4.69, 9.17) is 16.7 Å². The lowest BCUT2D eigenvalue weighted by molar-refractivity contribution is 0.0597. The van der Waals surface area contributed by atoms with Crippen LogP contribution in [-0.4, -0.2) is 29.3 Å². The first-order valence-corrected chi connectivity index (χ1v) is 4.20. The van der Waals surface area contributed by atoms with Crippen LogP contribution < -0.4 is 0 Å². The number of methoxy groups -OCH3 is 1. The molecule has 0 bridgehead atoms. The molecule has 0 spiro atoms. The summed E-state index contributed by atoms with van der Waals surface area (Å²) in [5.41, 5.74) is -0.751. The fourth-order valence-corrected chi connectivity index (χ4v) is 1.28. The van der Waals surface area contributed by atoms with Crippen molar-refractivity contribution in [2.45, 2.75) is 0 Å². The molecule has 0 radical (unpaired) electrons. The van der Waals surface area contributed by atoms with E-state index in [1.54, 1.807) is 0 Å². The third-order valence-corrected chi connectivity index (χ3v) is 2.06. The summed E-state index contributed by atoms with van der Waals surface area (Å²) in [5, 5.41) is 18.1. The topological polar surface area (TPSA) is 83.8 Å².